The number of hydrogen-bond acceptors (Lipinski definition) is 2. The molecule has 0 atom stereocenters. The first-order valence-electron chi connectivity index (χ1n) is 13.3. The molecule has 186 valence electrons. The number of fused-ring (bicyclic) bond motifs is 6. The van der Waals surface area contributed by atoms with E-state index in [-0.39, 0.29) is 0 Å². The van der Waals surface area contributed by atoms with Gasteiger partial charge >= 0.3 is 0 Å². The Labute approximate surface area is 230 Å². The lowest BCUT2D eigenvalue weighted by molar-refractivity contribution is 1.12. The van der Waals surface area contributed by atoms with Gasteiger partial charge in [-0.3, -0.25) is 4.98 Å². The lowest BCUT2D eigenvalue weighted by Gasteiger charge is -2.19. The van der Waals surface area contributed by atoms with Crippen molar-refractivity contribution in [3.8, 4) is 28.6 Å². The smallest absolute Gasteiger partial charge is 0.104 e. The number of para-hydroxylation sites is 4. The van der Waals surface area contributed by atoms with E-state index in [1.165, 1.54) is 10.8 Å². The minimum absolute atomic E-state index is 0.618. The summed E-state index contributed by atoms with van der Waals surface area (Å²) in [7, 11) is 0. The zero-order chi connectivity index (χ0) is 26.6. The molecule has 0 bridgehead atoms. The number of rotatable bonds is 3. The summed E-state index contributed by atoms with van der Waals surface area (Å²) in [5.41, 5.74) is 8.61. The van der Waals surface area contributed by atoms with Gasteiger partial charge in [0.2, 0.25) is 0 Å². The van der Waals surface area contributed by atoms with Gasteiger partial charge in [0.15, 0.2) is 0 Å². The Balaban J connectivity index is 1.58. The quantitative estimate of drug-likeness (QED) is 0.238. The van der Waals surface area contributed by atoms with E-state index in [0.29, 0.717) is 5.56 Å². The van der Waals surface area contributed by atoms with Crippen LogP contribution < -0.4 is 0 Å². The average Bonchev–Trinajstić information content (AvgIpc) is 3.54. The molecule has 0 N–H and O–H groups in total. The SMILES string of the molecule is N#Cc1c(-n2c3ccccc3c3ccccc32)ccc(-c2ccncc2)c1-n1c2ccccc2c2ccccc21. The van der Waals surface area contributed by atoms with Crippen LogP contribution in [-0.4, -0.2) is 14.1 Å². The Kier molecular flexibility index (Phi) is 4.85. The van der Waals surface area contributed by atoms with Gasteiger partial charge in [0.05, 0.1) is 33.4 Å². The fourth-order valence-corrected chi connectivity index (χ4v) is 6.22. The third-order valence-corrected chi connectivity index (χ3v) is 7.88. The Bertz CT molecular complexity index is 2170. The highest BCUT2D eigenvalue weighted by Crippen LogP contribution is 2.41. The third kappa shape index (κ3) is 3.09. The summed E-state index contributed by atoms with van der Waals surface area (Å²) in [6.45, 7) is 0. The molecule has 3 aromatic heterocycles. The van der Waals surface area contributed by atoms with Crippen LogP contribution in [-0.2, 0) is 0 Å². The molecule has 0 aliphatic carbocycles. The van der Waals surface area contributed by atoms with Crippen LogP contribution >= 0.6 is 0 Å². The first kappa shape index (κ1) is 22.3. The summed E-state index contributed by atoms with van der Waals surface area (Å²) in [6, 6.07) is 44.6. The van der Waals surface area contributed by atoms with Gasteiger partial charge in [-0.05, 0) is 48.0 Å². The maximum absolute atomic E-state index is 11.0. The number of nitriles is 1. The van der Waals surface area contributed by atoms with E-state index in [1.54, 1.807) is 12.4 Å². The number of nitrogens with zero attached hydrogens (tertiary/aromatic N) is 4. The zero-order valence-corrected chi connectivity index (χ0v) is 21.5. The summed E-state index contributed by atoms with van der Waals surface area (Å²) in [4.78, 5) is 4.26. The number of aromatic nitrogens is 3. The Morgan fingerprint density at radius 1 is 0.500 bits per heavy atom. The minimum Gasteiger partial charge on any atom is -0.308 e. The van der Waals surface area contributed by atoms with Gasteiger partial charge in [-0.2, -0.15) is 5.26 Å². The molecule has 5 aromatic carbocycles. The van der Waals surface area contributed by atoms with E-state index >= 15 is 0 Å². The van der Waals surface area contributed by atoms with Crippen molar-refractivity contribution >= 4 is 43.6 Å². The van der Waals surface area contributed by atoms with Crippen molar-refractivity contribution in [3.05, 3.63) is 139 Å². The first-order valence-corrected chi connectivity index (χ1v) is 13.3. The minimum atomic E-state index is 0.618. The predicted molar refractivity (Wildman–Crippen MR) is 163 cm³/mol. The lowest BCUT2D eigenvalue weighted by atomic mass is 9.98. The van der Waals surface area contributed by atoms with Gasteiger partial charge in [-0.15, -0.1) is 0 Å². The molecule has 4 nitrogen and oxygen atoms in total. The Morgan fingerprint density at radius 3 is 1.43 bits per heavy atom. The van der Waals surface area contributed by atoms with Crippen LogP contribution in [0.1, 0.15) is 5.56 Å². The molecule has 3 heterocycles. The van der Waals surface area contributed by atoms with Crippen LogP contribution in [0.4, 0.5) is 0 Å². The summed E-state index contributed by atoms with van der Waals surface area (Å²) in [6.07, 6.45) is 3.61. The highest BCUT2D eigenvalue weighted by atomic mass is 15.0. The molecule has 0 unspecified atom stereocenters. The molecule has 0 aliphatic rings. The Morgan fingerprint density at radius 2 is 0.950 bits per heavy atom. The maximum atomic E-state index is 11.0. The van der Waals surface area contributed by atoms with Gasteiger partial charge in [0.25, 0.3) is 0 Å². The molecule has 8 aromatic rings. The molecule has 0 aliphatic heterocycles. The van der Waals surface area contributed by atoms with Gasteiger partial charge in [0, 0.05) is 39.5 Å². The van der Waals surface area contributed by atoms with Gasteiger partial charge in [-0.25, -0.2) is 0 Å². The molecular formula is C36H22N4. The van der Waals surface area contributed by atoms with Crippen molar-refractivity contribution in [2.24, 2.45) is 0 Å². The highest BCUT2D eigenvalue weighted by Gasteiger charge is 2.23. The van der Waals surface area contributed by atoms with E-state index in [9.17, 15) is 5.26 Å². The van der Waals surface area contributed by atoms with Crippen molar-refractivity contribution < 1.29 is 0 Å². The summed E-state index contributed by atoms with van der Waals surface area (Å²) in [5.74, 6) is 0. The largest absolute Gasteiger partial charge is 0.308 e. The van der Waals surface area contributed by atoms with Gasteiger partial charge in [0.1, 0.15) is 11.6 Å². The van der Waals surface area contributed by atoms with E-state index in [2.05, 4.69) is 129 Å². The molecule has 40 heavy (non-hydrogen) atoms. The van der Waals surface area contributed by atoms with E-state index in [0.717, 1.165) is 55.3 Å². The van der Waals surface area contributed by atoms with Crippen molar-refractivity contribution in [1.29, 1.82) is 5.26 Å². The molecule has 0 saturated heterocycles. The number of hydrogen-bond donors (Lipinski definition) is 0. The second kappa shape index (κ2) is 8.69. The zero-order valence-electron chi connectivity index (χ0n) is 21.5. The van der Waals surface area contributed by atoms with Crippen LogP contribution in [0.15, 0.2) is 134 Å². The molecule has 8 rings (SSSR count). The lowest BCUT2D eigenvalue weighted by Crippen LogP contribution is -2.06. The number of pyridine rings is 1. The van der Waals surface area contributed by atoms with Gasteiger partial charge < -0.3 is 9.13 Å². The summed E-state index contributed by atoms with van der Waals surface area (Å²) < 4.78 is 4.49. The second-order valence-corrected chi connectivity index (χ2v) is 9.94. The molecule has 0 radical (unpaired) electrons. The fraction of sp³-hybridized carbons (Fsp3) is 0. The molecule has 0 spiro atoms. The monoisotopic (exact) mass is 510 g/mol. The predicted octanol–water partition coefficient (Wildman–Crippen LogP) is 8.81. The fourth-order valence-electron chi connectivity index (χ4n) is 6.22. The van der Waals surface area contributed by atoms with Crippen molar-refractivity contribution in [2.45, 2.75) is 0 Å². The summed E-state index contributed by atoms with van der Waals surface area (Å²) in [5, 5.41) is 15.6. The van der Waals surface area contributed by atoms with Crippen molar-refractivity contribution in [2.75, 3.05) is 0 Å². The topological polar surface area (TPSA) is 46.5 Å². The van der Waals surface area contributed by atoms with Crippen LogP contribution in [0.2, 0.25) is 0 Å². The molecular weight excluding hydrogens is 488 g/mol. The average molecular weight is 511 g/mol. The normalized spacial score (nSPS) is 11.5. The molecule has 0 fully saturated rings. The van der Waals surface area contributed by atoms with E-state index in [4.69, 9.17) is 0 Å². The molecule has 0 saturated carbocycles. The van der Waals surface area contributed by atoms with Crippen LogP contribution in [0, 0.1) is 11.3 Å². The van der Waals surface area contributed by atoms with E-state index in [1.807, 2.05) is 12.1 Å². The third-order valence-electron chi connectivity index (χ3n) is 7.88. The highest BCUT2D eigenvalue weighted by molar-refractivity contribution is 6.11. The maximum Gasteiger partial charge on any atom is 0.104 e. The molecule has 4 heteroatoms. The Hall–Kier alpha value is -5.66. The van der Waals surface area contributed by atoms with Crippen LogP contribution in [0.5, 0.6) is 0 Å². The van der Waals surface area contributed by atoms with Crippen molar-refractivity contribution in [1.82, 2.24) is 14.1 Å². The van der Waals surface area contributed by atoms with E-state index < -0.39 is 0 Å². The molecule has 0 amide bonds. The van der Waals surface area contributed by atoms with Crippen molar-refractivity contribution in [3.63, 3.8) is 0 Å². The summed E-state index contributed by atoms with van der Waals surface area (Å²) >= 11 is 0. The number of benzene rings is 5. The first-order chi connectivity index (χ1) is 19.8. The standard InChI is InChI=1S/C36H22N4/c37-23-30-35(39-31-13-5-1-9-26(31)27-10-2-6-14-32(27)39)18-17-25(24-19-21-38-22-20-24)36(30)40-33-15-7-3-11-28(33)29-12-4-8-16-34(29)40/h1-22H. The van der Waals surface area contributed by atoms with Crippen LogP contribution in [0.25, 0.3) is 66.1 Å². The second-order valence-electron chi connectivity index (χ2n) is 9.94. The van der Waals surface area contributed by atoms with Gasteiger partial charge in [-0.1, -0.05) is 78.9 Å². The van der Waals surface area contributed by atoms with Crippen LogP contribution in [0.3, 0.4) is 0 Å².